The van der Waals surface area contributed by atoms with Crippen molar-refractivity contribution in [3.8, 4) is 0 Å². The van der Waals surface area contributed by atoms with Crippen LogP contribution < -0.4 is 0 Å². The predicted octanol–water partition coefficient (Wildman–Crippen LogP) is -1.72. The zero-order valence-electron chi connectivity index (χ0n) is 7.56. The first-order valence-corrected chi connectivity index (χ1v) is 4.33. The summed E-state index contributed by atoms with van der Waals surface area (Å²) in [6.07, 6.45) is -1.82. The number of aliphatic hydroxyl groups is 3. The van der Waals surface area contributed by atoms with Crippen LogP contribution in [0.5, 0.6) is 0 Å². The lowest BCUT2D eigenvalue weighted by atomic mass is 9.96. The zero-order valence-corrected chi connectivity index (χ0v) is 7.56. The molecule has 2 heterocycles. The molecule has 0 amide bonds. The number of carboxylic acid groups (broad SMARTS) is 1. The Labute approximate surface area is 84.2 Å². The van der Waals surface area contributed by atoms with Crippen LogP contribution in [0.2, 0.25) is 0 Å². The number of rotatable bonds is 1. The van der Waals surface area contributed by atoms with Crippen LogP contribution in [0.3, 0.4) is 0 Å². The van der Waals surface area contributed by atoms with Gasteiger partial charge >= 0.3 is 5.97 Å². The summed E-state index contributed by atoms with van der Waals surface area (Å²) in [5.74, 6) is -1.24. The van der Waals surface area contributed by atoms with Gasteiger partial charge in [0.2, 0.25) is 0 Å². The van der Waals surface area contributed by atoms with Gasteiger partial charge in [0.1, 0.15) is 24.1 Å². The zero-order chi connectivity index (χ0) is 11.2. The van der Waals surface area contributed by atoms with Crippen LogP contribution in [0, 0.1) is 0 Å². The Morgan fingerprint density at radius 2 is 2.00 bits per heavy atom. The molecule has 0 bridgehead atoms. The van der Waals surface area contributed by atoms with Crippen LogP contribution in [-0.2, 0) is 4.79 Å². The van der Waals surface area contributed by atoms with Crippen molar-refractivity contribution >= 4 is 5.97 Å². The lowest BCUT2D eigenvalue weighted by molar-refractivity contribution is -0.156. The predicted molar refractivity (Wildman–Crippen MR) is 45.9 cm³/mol. The number of aliphatic hydroxyl groups excluding tert-OH is 3. The fourth-order valence-electron chi connectivity index (χ4n) is 1.74. The monoisotopic (exact) mass is 214 g/mol. The van der Waals surface area contributed by atoms with Gasteiger partial charge in [-0.05, 0) is 0 Å². The molecule has 15 heavy (non-hydrogen) atoms. The smallest absolute Gasteiger partial charge is 0.329 e. The van der Waals surface area contributed by atoms with Crippen LogP contribution in [0.25, 0.3) is 0 Å². The minimum Gasteiger partial charge on any atom is -0.480 e. The van der Waals surface area contributed by atoms with E-state index >= 15 is 0 Å². The Morgan fingerprint density at radius 1 is 1.33 bits per heavy atom. The van der Waals surface area contributed by atoms with Gasteiger partial charge in [0, 0.05) is 12.4 Å². The molecule has 0 spiro atoms. The van der Waals surface area contributed by atoms with E-state index in [-0.39, 0.29) is 5.82 Å². The summed E-state index contributed by atoms with van der Waals surface area (Å²) in [7, 11) is 0. The van der Waals surface area contributed by atoms with Gasteiger partial charge in [-0.2, -0.15) is 0 Å². The molecule has 7 heteroatoms. The highest BCUT2D eigenvalue weighted by atomic mass is 16.4. The molecule has 0 fully saturated rings. The normalized spacial score (nSPS) is 34.9. The van der Waals surface area contributed by atoms with Crippen LogP contribution in [0.1, 0.15) is 18.0 Å². The van der Waals surface area contributed by atoms with Crippen molar-refractivity contribution < 1.29 is 25.2 Å². The second-order valence-electron chi connectivity index (χ2n) is 3.40. The maximum absolute atomic E-state index is 10.9. The first kappa shape index (κ1) is 10.1. The standard InChI is InChI=1S/C8H10N2O5/c11-4-3(8(14)15)10-2-1-9-7(10)6(13)5(4)12/h1-6,11-13H,(H,14,15)/t3-,4-,5-,6+/m0/s1. The molecule has 0 unspecified atom stereocenters. The molecule has 1 aliphatic rings. The first-order chi connectivity index (χ1) is 7.04. The number of carbonyl (C=O) groups is 1. The lowest BCUT2D eigenvalue weighted by Crippen LogP contribution is -2.47. The maximum Gasteiger partial charge on any atom is 0.329 e. The van der Waals surface area contributed by atoms with E-state index in [0.717, 1.165) is 4.57 Å². The van der Waals surface area contributed by atoms with Gasteiger partial charge in [0.05, 0.1) is 0 Å². The number of imidazole rings is 1. The highest BCUT2D eigenvalue weighted by molar-refractivity contribution is 5.73. The quantitative estimate of drug-likeness (QED) is 0.442. The van der Waals surface area contributed by atoms with E-state index < -0.39 is 30.3 Å². The Hall–Kier alpha value is -1.44. The van der Waals surface area contributed by atoms with Crippen LogP contribution in [0.15, 0.2) is 12.4 Å². The molecule has 82 valence electrons. The summed E-state index contributed by atoms with van der Waals surface area (Å²) < 4.78 is 1.14. The topological polar surface area (TPSA) is 116 Å². The Morgan fingerprint density at radius 3 is 2.60 bits per heavy atom. The van der Waals surface area contributed by atoms with Crippen LogP contribution in [0.4, 0.5) is 0 Å². The SMILES string of the molecule is O=C(O)[C@@H]1[C@H](O)[C@H](O)[C@@H](O)c2nccn21. The molecule has 1 aliphatic heterocycles. The third-order valence-electron chi connectivity index (χ3n) is 2.51. The van der Waals surface area contributed by atoms with Crippen molar-refractivity contribution in [1.82, 2.24) is 9.55 Å². The molecule has 0 aromatic carbocycles. The number of carboxylic acids is 1. The van der Waals surface area contributed by atoms with Gasteiger partial charge in [-0.1, -0.05) is 0 Å². The van der Waals surface area contributed by atoms with Crippen molar-refractivity contribution in [2.24, 2.45) is 0 Å². The summed E-state index contributed by atoms with van der Waals surface area (Å²) in [5.41, 5.74) is 0. The van der Waals surface area contributed by atoms with Crippen molar-refractivity contribution in [3.05, 3.63) is 18.2 Å². The summed E-state index contributed by atoms with van der Waals surface area (Å²) in [5, 5.41) is 37.3. The Balaban J connectivity index is 2.51. The van der Waals surface area contributed by atoms with Gasteiger partial charge < -0.3 is 25.0 Å². The minimum atomic E-state index is -1.56. The largest absolute Gasteiger partial charge is 0.480 e. The third kappa shape index (κ3) is 1.32. The van der Waals surface area contributed by atoms with E-state index in [1.54, 1.807) is 0 Å². The van der Waals surface area contributed by atoms with Gasteiger partial charge in [-0.15, -0.1) is 0 Å². The summed E-state index contributed by atoms with van der Waals surface area (Å²) in [6.45, 7) is 0. The van der Waals surface area contributed by atoms with E-state index in [4.69, 9.17) is 5.11 Å². The van der Waals surface area contributed by atoms with Gasteiger partial charge in [0.25, 0.3) is 0 Å². The molecular formula is C8H10N2O5. The number of fused-ring (bicyclic) bond motifs is 1. The molecule has 7 nitrogen and oxygen atoms in total. The highest BCUT2D eigenvalue weighted by Gasteiger charge is 2.44. The average Bonchev–Trinajstić information content (AvgIpc) is 2.62. The number of hydrogen-bond acceptors (Lipinski definition) is 5. The number of aliphatic carboxylic acids is 1. The van der Waals surface area contributed by atoms with E-state index in [9.17, 15) is 20.1 Å². The van der Waals surface area contributed by atoms with Crippen molar-refractivity contribution in [2.45, 2.75) is 24.4 Å². The molecule has 0 saturated carbocycles. The van der Waals surface area contributed by atoms with Gasteiger partial charge in [-0.25, -0.2) is 9.78 Å². The van der Waals surface area contributed by atoms with E-state index in [1.807, 2.05) is 0 Å². The number of nitrogens with zero attached hydrogens (tertiary/aromatic N) is 2. The summed E-state index contributed by atoms with van der Waals surface area (Å²) in [6, 6.07) is -1.32. The Bertz CT molecular complexity index is 390. The molecule has 2 rings (SSSR count). The second kappa shape index (κ2) is 3.30. The molecule has 0 aliphatic carbocycles. The highest BCUT2D eigenvalue weighted by Crippen LogP contribution is 2.31. The second-order valence-corrected chi connectivity index (χ2v) is 3.40. The molecule has 0 saturated heterocycles. The molecular weight excluding hydrogens is 204 g/mol. The molecule has 1 aromatic rings. The van der Waals surface area contributed by atoms with E-state index in [1.165, 1.54) is 12.4 Å². The first-order valence-electron chi connectivity index (χ1n) is 4.33. The summed E-state index contributed by atoms with van der Waals surface area (Å²) >= 11 is 0. The van der Waals surface area contributed by atoms with Crippen molar-refractivity contribution in [3.63, 3.8) is 0 Å². The van der Waals surface area contributed by atoms with Gasteiger partial charge in [-0.3, -0.25) is 0 Å². The minimum absolute atomic E-state index is 0.0419. The molecule has 4 N–H and O–H groups in total. The van der Waals surface area contributed by atoms with E-state index in [2.05, 4.69) is 4.98 Å². The maximum atomic E-state index is 10.9. The summed E-state index contributed by atoms with van der Waals surface area (Å²) in [4.78, 5) is 14.6. The van der Waals surface area contributed by atoms with Gasteiger partial charge in [0.15, 0.2) is 6.04 Å². The van der Waals surface area contributed by atoms with Crippen molar-refractivity contribution in [1.29, 1.82) is 0 Å². The molecule has 0 radical (unpaired) electrons. The third-order valence-corrected chi connectivity index (χ3v) is 2.51. The lowest BCUT2D eigenvalue weighted by Gasteiger charge is -2.33. The Kier molecular flexibility index (Phi) is 2.22. The molecule has 4 atom stereocenters. The average molecular weight is 214 g/mol. The van der Waals surface area contributed by atoms with Crippen LogP contribution >= 0.6 is 0 Å². The van der Waals surface area contributed by atoms with Crippen LogP contribution in [-0.4, -0.2) is 48.2 Å². The fourth-order valence-corrected chi connectivity index (χ4v) is 1.74. The van der Waals surface area contributed by atoms with Crippen molar-refractivity contribution in [2.75, 3.05) is 0 Å². The van der Waals surface area contributed by atoms with E-state index in [0.29, 0.717) is 0 Å². The number of aromatic nitrogens is 2. The fraction of sp³-hybridized carbons (Fsp3) is 0.500. The molecule has 1 aromatic heterocycles. The number of hydrogen-bond donors (Lipinski definition) is 4.